The van der Waals surface area contributed by atoms with Gasteiger partial charge in [0.2, 0.25) is 5.91 Å². The number of aliphatic hydroxyl groups excluding tert-OH is 1. The second kappa shape index (κ2) is 32.4. The van der Waals surface area contributed by atoms with E-state index in [0.717, 1.165) is 38.5 Å². The summed E-state index contributed by atoms with van der Waals surface area (Å²) in [7, 11) is -4.30. The van der Waals surface area contributed by atoms with Gasteiger partial charge in [-0.2, -0.15) is 0 Å². The molecular formula is C35H73N2O6P. The predicted molar refractivity (Wildman–Crippen MR) is 185 cm³/mol. The van der Waals surface area contributed by atoms with Crippen LogP contribution in [0, 0.1) is 0 Å². The standard InChI is InChI=1S/C35H73N2O6P/c1-3-5-7-9-11-13-15-16-17-19-21-23-25-27-29-35(39)37-33(32-43-44(40,41)42-31-30-36)34(38)28-26-24-22-20-18-14-12-10-8-6-4-2/h33-34,38H,3-32,36H2,1-2H3,(H,37,39)(H,40,41)/t33-,34+/m0/s1. The highest BCUT2D eigenvalue weighted by Crippen LogP contribution is 2.43. The summed E-state index contributed by atoms with van der Waals surface area (Å²) in [4.78, 5) is 22.6. The zero-order valence-electron chi connectivity index (χ0n) is 28.9. The summed E-state index contributed by atoms with van der Waals surface area (Å²) in [6.45, 7) is 4.20. The molecule has 0 aromatic carbocycles. The van der Waals surface area contributed by atoms with Crippen molar-refractivity contribution in [3.05, 3.63) is 0 Å². The average molecular weight is 649 g/mol. The van der Waals surface area contributed by atoms with Gasteiger partial charge in [0.25, 0.3) is 0 Å². The first-order chi connectivity index (χ1) is 21.4. The molecule has 9 heteroatoms. The molecule has 0 fully saturated rings. The molecule has 1 unspecified atom stereocenters. The van der Waals surface area contributed by atoms with E-state index < -0.39 is 20.0 Å². The van der Waals surface area contributed by atoms with Crippen LogP contribution in [0.2, 0.25) is 0 Å². The van der Waals surface area contributed by atoms with E-state index in [1.54, 1.807) is 0 Å². The summed E-state index contributed by atoms with van der Waals surface area (Å²) < 4.78 is 22.0. The third-order valence-corrected chi connectivity index (χ3v) is 9.45. The van der Waals surface area contributed by atoms with Crippen LogP contribution in [0.15, 0.2) is 0 Å². The molecule has 0 heterocycles. The number of carbonyl (C=O) groups is 1. The van der Waals surface area contributed by atoms with Gasteiger partial charge in [0, 0.05) is 13.0 Å². The second-order valence-corrected chi connectivity index (χ2v) is 14.3. The fraction of sp³-hybridized carbons (Fsp3) is 0.971. The number of rotatable bonds is 35. The quantitative estimate of drug-likeness (QED) is 0.0398. The van der Waals surface area contributed by atoms with Gasteiger partial charge >= 0.3 is 7.82 Å². The lowest BCUT2D eigenvalue weighted by molar-refractivity contribution is -0.123. The van der Waals surface area contributed by atoms with Crippen LogP contribution in [-0.4, -0.2) is 47.8 Å². The van der Waals surface area contributed by atoms with Crippen molar-refractivity contribution < 1.29 is 28.4 Å². The molecule has 8 nitrogen and oxygen atoms in total. The highest BCUT2D eigenvalue weighted by molar-refractivity contribution is 7.47. The molecule has 0 aliphatic carbocycles. The number of hydrogen-bond acceptors (Lipinski definition) is 6. The Morgan fingerprint density at radius 3 is 1.45 bits per heavy atom. The molecule has 0 aromatic rings. The molecule has 264 valence electrons. The molecule has 0 aliphatic heterocycles. The highest BCUT2D eigenvalue weighted by atomic mass is 31.2. The normalized spacial score (nSPS) is 14.4. The van der Waals surface area contributed by atoms with Crippen molar-refractivity contribution in [3.8, 4) is 0 Å². The summed E-state index contributed by atoms with van der Waals surface area (Å²) >= 11 is 0. The maximum Gasteiger partial charge on any atom is 0.472 e. The number of unbranched alkanes of at least 4 members (excludes halogenated alkanes) is 23. The lowest BCUT2D eigenvalue weighted by atomic mass is 10.0. The summed E-state index contributed by atoms with van der Waals surface area (Å²) in [5, 5.41) is 13.7. The number of phosphoric ester groups is 1. The van der Waals surface area contributed by atoms with Gasteiger partial charge in [-0.15, -0.1) is 0 Å². The molecule has 0 rings (SSSR count). The van der Waals surface area contributed by atoms with E-state index in [4.69, 9.17) is 14.8 Å². The average Bonchev–Trinajstić information content (AvgIpc) is 3.01. The van der Waals surface area contributed by atoms with Crippen molar-refractivity contribution in [2.75, 3.05) is 19.8 Å². The van der Waals surface area contributed by atoms with Crippen molar-refractivity contribution in [1.82, 2.24) is 5.32 Å². The Hall–Kier alpha value is -0.500. The van der Waals surface area contributed by atoms with Crippen LogP contribution in [0.4, 0.5) is 0 Å². The second-order valence-electron chi connectivity index (χ2n) is 12.8. The fourth-order valence-corrected chi connectivity index (χ4v) is 6.37. The minimum absolute atomic E-state index is 0.0920. The van der Waals surface area contributed by atoms with Crippen LogP contribution >= 0.6 is 7.82 Å². The molecule has 1 amide bonds. The Morgan fingerprint density at radius 1 is 0.659 bits per heavy atom. The molecule has 0 radical (unpaired) electrons. The molecule has 0 saturated carbocycles. The summed E-state index contributed by atoms with van der Waals surface area (Å²) in [5.41, 5.74) is 5.35. The number of nitrogens with one attached hydrogen (secondary N) is 1. The monoisotopic (exact) mass is 649 g/mol. The lowest BCUT2D eigenvalue weighted by Gasteiger charge is -2.25. The van der Waals surface area contributed by atoms with Crippen molar-refractivity contribution in [2.24, 2.45) is 5.73 Å². The Labute approximate surface area is 272 Å². The molecule has 0 aliphatic rings. The number of carbonyl (C=O) groups excluding carboxylic acids is 1. The third kappa shape index (κ3) is 30.2. The number of phosphoric acid groups is 1. The molecule has 5 N–H and O–H groups in total. The molecule has 44 heavy (non-hydrogen) atoms. The summed E-state index contributed by atoms with van der Waals surface area (Å²) in [6, 6.07) is -0.765. The summed E-state index contributed by atoms with van der Waals surface area (Å²) in [6.07, 6.45) is 31.0. The topological polar surface area (TPSA) is 131 Å². The highest BCUT2D eigenvalue weighted by Gasteiger charge is 2.27. The van der Waals surface area contributed by atoms with E-state index in [1.165, 1.54) is 122 Å². The minimum atomic E-state index is -4.30. The largest absolute Gasteiger partial charge is 0.472 e. The Morgan fingerprint density at radius 2 is 1.05 bits per heavy atom. The number of nitrogens with two attached hydrogens (primary N) is 1. The van der Waals surface area contributed by atoms with Crippen LogP contribution in [0.5, 0.6) is 0 Å². The SMILES string of the molecule is CCCCCCCCCCCCCCCCC(=O)N[C@@H](COP(=O)(O)OCCN)[C@H](O)CCCCCCCCCCCCC. The van der Waals surface area contributed by atoms with E-state index >= 15 is 0 Å². The molecule has 0 saturated heterocycles. The first-order valence-electron chi connectivity index (χ1n) is 18.7. The third-order valence-electron chi connectivity index (χ3n) is 8.46. The number of aliphatic hydroxyl groups is 1. The van der Waals surface area contributed by atoms with Gasteiger partial charge in [0.15, 0.2) is 0 Å². The predicted octanol–water partition coefficient (Wildman–Crippen LogP) is 9.50. The lowest BCUT2D eigenvalue weighted by Crippen LogP contribution is -2.46. The zero-order valence-corrected chi connectivity index (χ0v) is 29.8. The van der Waals surface area contributed by atoms with E-state index in [-0.39, 0.29) is 25.7 Å². The molecule has 0 bridgehead atoms. The first-order valence-corrected chi connectivity index (χ1v) is 20.1. The smallest absolute Gasteiger partial charge is 0.391 e. The van der Waals surface area contributed by atoms with Crippen LogP contribution in [0.3, 0.4) is 0 Å². The maximum absolute atomic E-state index is 12.7. The van der Waals surface area contributed by atoms with E-state index in [2.05, 4.69) is 19.2 Å². The Bertz CT molecular complexity index is 669. The van der Waals surface area contributed by atoms with E-state index in [1.807, 2.05) is 0 Å². The zero-order chi connectivity index (χ0) is 32.6. The van der Waals surface area contributed by atoms with Gasteiger partial charge < -0.3 is 21.1 Å². The first kappa shape index (κ1) is 43.5. The van der Waals surface area contributed by atoms with Crippen molar-refractivity contribution in [1.29, 1.82) is 0 Å². The molecular weight excluding hydrogens is 575 g/mol. The van der Waals surface area contributed by atoms with Gasteiger partial charge in [-0.25, -0.2) is 4.57 Å². The van der Waals surface area contributed by atoms with Gasteiger partial charge in [0.1, 0.15) is 0 Å². The Balaban J connectivity index is 4.22. The number of hydrogen-bond donors (Lipinski definition) is 4. The van der Waals surface area contributed by atoms with Gasteiger partial charge in [0.05, 0.1) is 25.4 Å². The van der Waals surface area contributed by atoms with Gasteiger partial charge in [-0.1, -0.05) is 168 Å². The minimum Gasteiger partial charge on any atom is -0.391 e. The maximum atomic E-state index is 12.7. The molecule has 0 aromatic heterocycles. The van der Waals surface area contributed by atoms with Gasteiger partial charge in [-0.05, 0) is 12.8 Å². The van der Waals surface area contributed by atoms with Crippen molar-refractivity contribution >= 4 is 13.7 Å². The van der Waals surface area contributed by atoms with Crippen LogP contribution in [0.1, 0.15) is 187 Å². The van der Waals surface area contributed by atoms with Crippen molar-refractivity contribution in [3.63, 3.8) is 0 Å². The van der Waals surface area contributed by atoms with E-state index in [0.29, 0.717) is 12.8 Å². The van der Waals surface area contributed by atoms with Crippen LogP contribution < -0.4 is 11.1 Å². The molecule has 0 spiro atoms. The van der Waals surface area contributed by atoms with Crippen LogP contribution in [-0.2, 0) is 18.4 Å². The fourth-order valence-electron chi connectivity index (χ4n) is 5.61. The van der Waals surface area contributed by atoms with Crippen LogP contribution in [0.25, 0.3) is 0 Å². The van der Waals surface area contributed by atoms with Crippen molar-refractivity contribution in [2.45, 2.75) is 199 Å². The van der Waals surface area contributed by atoms with Gasteiger partial charge in [-0.3, -0.25) is 13.8 Å². The van der Waals surface area contributed by atoms with E-state index in [9.17, 15) is 19.4 Å². The summed E-state index contributed by atoms with van der Waals surface area (Å²) in [5.74, 6) is -0.161. The number of amides is 1. The molecule has 3 atom stereocenters. The Kier molecular flexibility index (Phi) is 32.1.